The zero-order valence-corrected chi connectivity index (χ0v) is 22.4. The standard InChI is InChI=1S/C28H41N4O3P/c33-28(29-36(34,31-15-6-2-7-16-31)32-17-8-3-9-18-32)26-14-10-13-25(23-24-11-4-1-5-12-24)27(26)30-19-21-35-22-20-30/h1,4-5,11-12,23H,2-3,6-10,13-22H2,(H,29,33,34). The highest BCUT2D eigenvalue weighted by Gasteiger charge is 2.41. The van der Waals surface area contributed by atoms with Gasteiger partial charge in [0.2, 0.25) is 0 Å². The van der Waals surface area contributed by atoms with E-state index in [2.05, 4.69) is 49.7 Å². The van der Waals surface area contributed by atoms with Crippen LogP contribution in [0.2, 0.25) is 0 Å². The van der Waals surface area contributed by atoms with Gasteiger partial charge in [-0.15, -0.1) is 0 Å². The van der Waals surface area contributed by atoms with E-state index in [0.29, 0.717) is 19.6 Å². The van der Waals surface area contributed by atoms with Crippen LogP contribution in [0.25, 0.3) is 6.08 Å². The first kappa shape index (κ1) is 25.7. The number of rotatable bonds is 6. The van der Waals surface area contributed by atoms with Crippen molar-refractivity contribution in [2.24, 2.45) is 0 Å². The van der Waals surface area contributed by atoms with Gasteiger partial charge in [-0.25, -0.2) is 9.34 Å². The number of allylic oxidation sites excluding steroid dienone is 1. The fourth-order valence-corrected chi connectivity index (χ4v) is 8.69. The fourth-order valence-electron chi connectivity index (χ4n) is 6.00. The molecule has 3 fully saturated rings. The van der Waals surface area contributed by atoms with E-state index >= 15 is 0 Å². The number of carbonyl (C=O) groups excluding carboxylic acids is 1. The molecule has 1 aromatic rings. The monoisotopic (exact) mass is 512 g/mol. The fraction of sp³-hybridized carbons (Fsp3) is 0.607. The Morgan fingerprint density at radius 2 is 1.42 bits per heavy atom. The Morgan fingerprint density at radius 3 is 2.03 bits per heavy atom. The molecule has 0 atom stereocenters. The summed E-state index contributed by atoms with van der Waals surface area (Å²) in [5.41, 5.74) is 4.17. The number of hydrogen-bond donors (Lipinski definition) is 1. The molecule has 3 saturated heterocycles. The molecule has 1 amide bonds. The van der Waals surface area contributed by atoms with Crippen molar-refractivity contribution in [3.63, 3.8) is 0 Å². The SMILES string of the molecule is O=C(NP(=O)(N1CCCCC1)N1CCCCC1)C1=C(N2CCOCC2)C(=Cc2ccccc2)CCC1. The second kappa shape index (κ2) is 12.1. The summed E-state index contributed by atoms with van der Waals surface area (Å²) < 4.78 is 24.5. The van der Waals surface area contributed by atoms with Gasteiger partial charge < -0.3 is 9.64 Å². The lowest BCUT2D eigenvalue weighted by Gasteiger charge is -2.42. The minimum Gasteiger partial charge on any atom is -0.378 e. The second-order valence-corrected chi connectivity index (χ2v) is 12.8. The van der Waals surface area contributed by atoms with Crippen LogP contribution >= 0.6 is 7.59 Å². The maximum atomic E-state index is 14.7. The van der Waals surface area contributed by atoms with Crippen molar-refractivity contribution in [1.29, 1.82) is 0 Å². The van der Waals surface area contributed by atoms with Crippen LogP contribution in [0.1, 0.15) is 63.4 Å². The number of nitrogens with one attached hydrogen (secondary N) is 1. The lowest BCUT2D eigenvalue weighted by Crippen LogP contribution is -2.45. The molecule has 4 aliphatic rings. The normalized spacial score (nSPS) is 24.2. The van der Waals surface area contributed by atoms with Crippen molar-refractivity contribution in [2.75, 3.05) is 52.5 Å². The molecule has 0 unspecified atom stereocenters. The first-order chi connectivity index (χ1) is 17.6. The molecule has 196 valence electrons. The van der Waals surface area contributed by atoms with E-state index in [1.165, 1.54) is 18.4 Å². The zero-order valence-electron chi connectivity index (χ0n) is 21.5. The highest BCUT2D eigenvalue weighted by molar-refractivity contribution is 7.57. The summed E-state index contributed by atoms with van der Waals surface area (Å²) in [6.07, 6.45) is 11.3. The maximum absolute atomic E-state index is 14.7. The molecule has 7 nitrogen and oxygen atoms in total. The van der Waals surface area contributed by atoms with Gasteiger partial charge >= 0.3 is 7.59 Å². The molecule has 3 aliphatic heterocycles. The van der Waals surface area contributed by atoms with Crippen LogP contribution in [0.4, 0.5) is 0 Å². The summed E-state index contributed by atoms with van der Waals surface area (Å²) in [5, 5.41) is 3.18. The van der Waals surface area contributed by atoms with Crippen molar-refractivity contribution >= 4 is 19.6 Å². The van der Waals surface area contributed by atoms with Crippen LogP contribution in [0.3, 0.4) is 0 Å². The number of benzene rings is 1. The van der Waals surface area contributed by atoms with Crippen molar-refractivity contribution in [1.82, 2.24) is 19.3 Å². The molecule has 0 spiro atoms. The highest BCUT2D eigenvalue weighted by atomic mass is 31.2. The van der Waals surface area contributed by atoms with Crippen LogP contribution in [0.5, 0.6) is 0 Å². The van der Waals surface area contributed by atoms with Gasteiger partial charge in [0.15, 0.2) is 0 Å². The molecule has 0 aromatic heterocycles. The third-order valence-electron chi connectivity index (χ3n) is 7.88. The number of hydrogen-bond acceptors (Lipinski definition) is 4. The van der Waals surface area contributed by atoms with E-state index < -0.39 is 7.59 Å². The smallest absolute Gasteiger partial charge is 0.311 e. The van der Waals surface area contributed by atoms with Crippen molar-refractivity contribution < 1.29 is 14.1 Å². The van der Waals surface area contributed by atoms with Crippen LogP contribution < -0.4 is 5.09 Å². The van der Waals surface area contributed by atoms with Crippen molar-refractivity contribution in [3.05, 3.63) is 52.7 Å². The molecule has 8 heteroatoms. The van der Waals surface area contributed by atoms with E-state index in [-0.39, 0.29) is 5.91 Å². The quantitative estimate of drug-likeness (QED) is 0.539. The lowest BCUT2D eigenvalue weighted by atomic mass is 9.89. The molecule has 1 N–H and O–H groups in total. The first-order valence-corrected chi connectivity index (χ1v) is 15.5. The molecule has 36 heavy (non-hydrogen) atoms. The summed E-state index contributed by atoms with van der Waals surface area (Å²) in [7, 11) is -3.18. The third kappa shape index (κ3) is 5.80. The zero-order chi connectivity index (χ0) is 24.8. The molecule has 0 radical (unpaired) electrons. The summed E-state index contributed by atoms with van der Waals surface area (Å²) >= 11 is 0. The average molecular weight is 513 g/mol. The van der Waals surface area contributed by atoms with Crippen LogP contribution in [-0.4, -0.2) is 72.6 Å². The van der Waals surface area contributed by atoms with E-state index in [4.69, 9.17) is 4.74 Å². The molecule has 3 heterocycles. The van der Waals surface area contributed by atoms with Gasteiger partial charge in [0.05, 0.1) is 13.2 Å². The van der Waals surface area contributed by atoms with E-state index in [1.54, 1.807) is 0 Å². The molecule has 0 bridgehead atoms. The largest absolute Gasteiger partial charge is 0.378 e. The lowest BCUT2D eigenvalue weighted by molar-refractivity contribution is -0.116. The molecule has 5 rings (SSSR count). The Labute approximate surface area is 216 Å². The molecule has 0 saturated carbocycles. The highest BCUT2D eigenvalue weighted by Crippen LogP contribution is 2.52. The van der Waals surface area contributed by atoms with E-state index in [0.717, 1.165) is 94.6 Å². The molecular weight excluding hydrogens is 471 g/mol. The van der Waals surface area contributed by atoms with Gasteiger partial charge in [-0.3, -0.25) is 14.4 Å². The number of piperidine rings is 2. The molecule has 1 aliphatic carbocycles. The van der Waals surface area contributed by atoms with Gasteiger partial charge in [0.1, 0.15) is 0 Å². The number of amides is 1. The Balaban J connectivity index is 1.50. The summed E-state index contributed by atoms with van der Waals surface area (Å²) in [6, 6.07) is 10.3. The number of ether oxygens (including phenoxy) is 1. The van der Waals surface area contributed by atoms with Crippen molar-refractivity contribution in [2.45, 2.75) is 57.8 Å². The first-order valence-electron chi connectivity index (χ1n) is 13.9. The summed E-state index contributed by atoms with van der Waals surface area (Å²) in [5.74, 6) is -0.144. The van der Waals surface area contributed by atoms with Gasteiger partial charge in [0.25, 0.3) is 5.91 Å². The Hall–Kier alpha value is -1.92. The molecule has 1 aromatic carbocycles. The van der Waals surface area contributed by atoms with E-state index in [1.807, 2.05) is 6.07 Å². The van der Waals surface area contributed by atoms with Gasteiger partial charge in [-0.2, -0.15) is 0 Å². The number of morpholine rings is 1. The van der Waals surface area contributed by atoms with Crippen molar-refractivity contribution in [3.8, 4) is 0 Å². The Bertz CT molecular complexity index is 985. The predicted octanol–water partition coefficient (Wildman–Crippen LogP) is 5.04. The minimum atomic E-state index is -3.18. The summed E-state index contributed by atoms with van der Waals surface area (Å²) in [4.78, 5) is 16.4. The van der Waals surface area contributed by atoms with E-state index in [9.17, 15) is 9.36 Å². The average Bonchev–Trinajstić information content (AvgIpc) is 2.95. The van der Waals surface area contributed by atoms with Gasteiger partial charge in [-0.1, -0.05) is 43.2 Å². The summed E-state index contributed by atoms with van der Waals surface area (Å²) in [6.45, 7) is 6.05. The second-order valence-electron chi connectivity index (χ2n) is 10.4. The maximum Gasteiger partial charge on any atom is 0.311 e. The van der Waals surface area contributed by atoms with Gasteiger partial charge in [-0.05, 0) is 62.2 Å². The Kier molecular flexibility index (Phi) is 8.63. The third-order valence-corrected chi connectivity index (χ3v) is 10.7. The molecular formula is C28H41N4O3P. The number of carbonyl (C=O) groups is 1. The van der Waals surface area contributed by atoms with Crippen LogP contribution in [0, 0.1) is 0 Å². The Morgan fingerprint density at radius 1 is 0.806 bits per heavy atom. The van der Waals surface area contributed by atoms with Gasteiger partial charge in [0, 0.05) is 50.5 Å². The van der Waals surface area contributed by atoms with Crippen LogP contribution in [0.15, 0.2) is 47.2 Å². The topological polar surface area (TPSA) is 65.1 Å². The predicted molar refractivity (Wildman–Crippen MR) is 144 cm³/mol. The number of nitrogens with zero attached hydrogens (tertiary/aromatic N) is 3. The van der Waals surface area contributed by atoms with Crippen LogP contribution in [-0.2, 0) is 14.1 Å². The minimum absolute atomic E-state index is 0.144.